The van der Waals surface area contributed by atoms with Gasteiger partial charge < -0.3 is 9.84 Å². The molecular weight excluding hydrogens is 279 g/mol. The third-order valence-electron chi connectivity index (χ3n) is 1.64. The standard InChI is InChI=1S/C8H7BrF3NO2/c1-15-7-5(2-4(9)3-13-7)6(14)8(10,11)12/h2-3,6,14H,1H3/t6-/m0/s1. The van der Waals surface area contributed by atoms with Gasteiger partial charge in [-0.3, -0.25) is 0 Å². The van der Waals surface area contributed by atoms with Crippen molar-refractivity contribution in [3.05, 3.63) is 22.3 Å². The van der Waals surface area contributed by atoms with Gasteiger partial charge in [0.2, 0.25) is 5.88 Å². The van der Waals surface area contributed by atoms with Crippen molar-refractivity contribution in [1.29, 1.82) is 0 Å². The minimum Gasteiger partial charge on any atom is -0.481 e. The molecule has 1 heterocycles. The number of aromatic nitrogens is 1. The number of ether oxygens (including phenoxy) is 1. The quantitative estimate of drug-likeness (QED) is 0.908. The summed E-state index contributed by atoms with van der Waals surface area (Å²) in [7, 11) is 1.18. The van der Waals surface area contributed by atoms with Crippen LogP contribution in [0.15, 0.2) is 16.7 Å². The van der Waals surface area contributed by atoms with Crippen LogP contribution in [0.3, 0.4) is 0 Å². The van der Waals surface area contributed by atoms with Gasteiger partial charge in [-0.25, -0.2) is 4.98 Å². The van der Waals surface area contributed by atoms with Crippen LogP contribution in [0.2, 0.25) is 0 Å². The zero-order valence-electron chi connectivity index (χ0n) is 7.55. The van der Waals surface area contributed by atoms with Gasteiger partial charge in [0.25, 0.3) is 0 Å². The van der Waals surface area contributed by atoms with Crippen LogP contribution in [0.25, 0.3) is 0 Å². The lowest BCUT2D eigenvalue weighted by atomic mass is 10.1. The normalized spacial score (nSPS) is 13.7. The molecular formula is C8H7BrF3NO2. The monoisotopic (exact) mass is 285 g/mol. The van der Waals surface area contributed by atoms with E-state index in [0.717, 1.165) is 6.07 Å². The first-order chi connectivity index (χ1) is 6.86. The van der Waals surface area contributed by atoms with Crippen LogP contribution in [-0.2, 0) is 0 Å². The number of aliphatic hydroxyl groups excluding tert-OH is 1. The molecule has 0 unspecified atom stereocenters. The van der Waals surface area contributed by atoms with Crippen LogP contribution in [0, 0.1) is 0 Å². The number of hydrogen-bond acceptors (Lipinski definition) is 3. The third-order valence-corrected chi connectivity index (χ3v) is 2.08. The average molecular weight is 286 g/mol. The third kappa shape index (κ3) is 2.82. The van der Waals surface area contributed by atoms with Gasteiger partial charge in [0, 0.05) is 10.7 Å². The van der Waals surface area contributed by atoms with Crippen LogP contribution < -0.4 is 4.74 Å². The fourth-order valence-electron chi connectivity index (χ4n) is 0.985. The molecule has 0 fully saturated rings. The summed E-state index contributed by atoms with van der Waals surface area (Å²) in [6, 6.07) is 1.12. The Kier molecular flexibility index (Phi) is 3.56. The predicted molar refractivity (Wildman–Crippen MR) is 49.5 cm³/mol. The number of nitrogens with zero attached hydrogens (tertiary/aromatic N) is 1. The minimum atomic E-state index is -4.74. The topological polar surface area (TPSA) is 42.4 Å². The van der Waals surface area contributed by atoms with Crippen molar-refractivity contribution in [2.75, 3.05) is 7.11 Å². The van der Waals surface area contributed by atoms with E-state index in [-0.39, 0.29) is 5.88 Å². The van der Waals surface area contributed by atoms with Gasteiger partial charge >= 0.3 is 6.18 Å². The number of halogens is 4. The summed E-state index contributed by atoms with van der Waals surface area (Å²) in [5.74, 6) is -0.247. The van der Waals surface area contributed by atoms with Crippen LogP contribution in [0.5, 0.6) is 5.88 Å². The number of alkyl halides is 3. The number of rotatable bonds is 2. The summed E-state index contributed by atoms with van der Waals surface area (Å²) in [5.41, 5.74) is -0.417. The van der Waals surface area contributed by atoms with E-state index in [1.54, 1.807) is 0 Å². The van der Waals surface area contributed by atoms with E-state index in [9.17, 15) is 13.2 Å². The molecule has 1 aromatic heterocycles. The van der Waals surface area contributed by atoms with Crippen molar-refractivity contribution >= 4 is 15.9 Å². The maximum atomic E-state index is 12.2. The Morgan fingerprint density at radius 1 is 1.53 bits per heavy atom. The van der Waals surface area contributed by atoms with Crippen LogP contribution in [0.4, 0.5) is 13.2 Å². The molecule has 1 atom stereocenters. The molecule has 0 radical (unpaired) electrons. The summed E-state index contributed by atoms with van der Waals surface area (Å²) in [6.07, 6.45) is -6.06. The molecule has 0 saturated carbocycles. The lowest BCUT2D eigenvalue weighted by Gasteiger charge is -2.16. The highest BCUT2D eigenvalue weighted by Gasteiger charge is 2.41. The summed E-state index contributed by atoms with van der Waals surface area (Å²) >= 11 is 2.96. The maximum Gasteiger partial charge on any atom is 0.418 e. The number of hydrogen-bond donors (Lipinski definition) is 1. The minimum absolute atomic E-state index is 0.247. The zero-order chi connectivity index (χ0) is 11.6. The van der Waals surface area contributed by atoms with E-state index in [0.29, 0.717) is 4.47 Å². The van der Waals surface area contributed by atoms with Gasteiger partial charge in [0.15, 0.2) is 6.10 Å². The van der Waals surface area contributed by atoms with Crippen molar-refractivity contribution in [2.45, 2.75) is 12.3 Å². The maximum absolute atomic E-state index is 12.2. The van der Waals surface area contributed by atoms with Gasteiger partial charge in [0.05, 0.1) is 12.7 Å². The van der Waals surface area contributed by atoms with Crippen molar-refractivity contribution in [3.8, 4) is 5.88 Å². The molecule has 0 aliphatic heterocycles. The number of aliphatic hydroxyl groups is 1. The van der Waals surface area contributed by atoms with Gasteiger partial charge in [-0.15, -0.1) is 0 Å². The average Bonchev–Trinajstić information content (AvgIpc) is 2.15. The smallest absolute Gasteiger partial charge is 0.418 e. The molecule has 0 amide bonds. The van der Waals surface area contributed by atoms with Gasteiger partial charge in [-0.2, -0.15) is 13.2 Å². The van der Waals surface area contributed by atoms with E-state index >= 15 is 0 Å². The van der Waals surface area contributed by atoms with Gasteiger partial charge in [-0.1, -0.05) is 0 Å². The Bertz CT molecular complexity index is 356. The van der Waals surface area contributed by atoms with Gasteiger partial charge in [0.1, 0.15) is 0 Å². The second-order valence-electron chi connectivity index (χ2n) is 2.70. The fourth-order valence-corrected chi connectivity index (χ4v) is 1.33. The molecule has 0 saturated heterocycles. The second-order valence-corrected chi connectivity index (χ2v) is 3.61. The molecule has 15 heavy (non-hydrogen) atoms. The molecule has 1 aromatic rings. The molecule has 1 rings (SSSR count). The van der Waals surface area contributed by atoms with E-state index in [4.69, 9.17) is 5.11 Å². The SMILES string of the molecule is COc1ncc(Br)cc1[C@H](O)C(F)(F)F. The van der Waals surface area contributed by atoms with Crippen LogP contribution in [0.1, 0.15) is 11.7 Å². The lowest BCUT2D eigenvalue weighted by Crippen LogP contribution is -2.21. The molecule has 0 bridgehead atoms. The Morgan fingerprint density at radius 2 is 2.13 bits per heavy atom. The van der Waals surface area contributed by atoms with Crippen LogP contribution >= 0.6 is 15.9 Å². The molecule has 0 spiro atoms. The summed E-state index contributed by atoms with van der Waals surface area (Å²) in [5, 5.41) is 9.03. The number of methoxy groups -OCH3 is 1. The zero-order valence-corrected chi connectivity index (χ0v) is 9.13. The van der Waals surface area contributed by atoms with E-state index < -0.39 is 17.8 Å². The molecule has 0 aromatic carbocycles. The highest BCUT2D eigenvalue weighted by atomic mass is 79.9. The first kappa shape index (κ1) is 12.3. The summed E-state index contributed by atoms with van der Waals surface area (Å²) < 4.78 is 41.7. The summed E-state index contributed by atoms with van der Waals surface area (Å²) in [6.45, 7) is 0. The highest BCUT2D eigenvalue weighted by Crippen LogP contribution is 2.37. The van der Waals surface area contributed by atoms with Crippen molar-refractivity contribution < 1.29 is 23.0 Å². The Hall–Kier alpha value is -0.820. The Labute approximate surface area is 92.0 Å². The van der Waals surface area contributed by atoms with Crippen molar-refractivity contribution in [1.82, 2.24) is 4.98 Å². The lowest BCUT2D eigenvalue weighted by molar-refractivity contribution is -0.207. The first-order valence-corrected chi connectivity index (χ1v) is 4.59. The molecule has 7 heteroatoms. The van der Waals surface area contributed by atoms with Crippen LogP contribution in [-0.4, -0.2) is 23.4 Å². The number of pyridine rings is 1. The second kappa shape index (κ2) is 4.36. The molecule has 3 nitrogen and oxygen atoms in total. The van der Waals surface area contributed by atoms with E-state index in [2.05, 4.69) is 25.7 Å². The first-order valence-electron chi connectivity index (χ1n) is 3.80. The molecule has 0 aliphatic carbocycles. The summed E-state index contributed by atoms with van der Waals surface area (Å²) in [4.78, 5) is 3.60. The largest absolute Gasteiger partial charge is 0.481 e. The molecule has 1 N–H and O–H groups in total. The fraction of sp³-hybridized carbons (Fsp3) is 0.375. The predicted octanol–water partition coefficient (Wildman–Crippen LogP) is 2.45. The van der Waals surface area contributed by atoms with Crippen molar-refractivity contribution in [3.63, 3.8) is 0 Å². The van der Waals surface area contributed by atoms with Crippen molar-refractivity contribution in [2.24, 2.45) is 0 Å². The van der Waals surface area contributed by atoms with E-state index in [1.807, 2.05) is 0 Å². The Morgan fingerprint density at radius 3 is 2.60 bits per heavy atom. The molecule has 0 aliphatic rings. The Balaban J connectivity index is 3.17. The van der Waals surface area contributed by atoms with Gasteiger partial charge in [-0.05, 0) is 22.0 Å². The molecule has 84 valence electrons. The highest BCUT2D eigenvalue weighted by molar-refractivity contribution is 9.10. The van der Waals surface area contributed by atoms with E-state index in [1.165, 1.54) is 13.3 Å².